The first-order valence-electron chi connectivity index (χ1n) is 7.32. The molecule has 0 aliphatic rings. The SMILES string of the molecule is O=c1cc(C(F)(F)F)c2ccc(Oc3ccc([N+](=O)[O-])cc3[N+](=O)[O-])cc2o1. The number of hydrogen-bond acceptors (Lipinski definition) is 7. The van der Waals surface area contributed by atoms with Crippen molar-refractivity contribution in [2.75, 3.05) is 0 Å². The van der Waals surface area contributed by atoms with Crippen LogP contribution in [0.2, 0.25) is 0 Å². The molecule has 0 radical (unpaired) electrons. The number of nitro groups is 2. The standard InChI is InChI=1S/C16H7F3N2O7/c17-16(18,19)11-7-15(22)28-14-6-9(2-3-10(11)14)27-13-4-1-8(20(23)24)5-12(13)21(25)26/h1-7H. The van der Waals surface area contributed by atoms with Crippen molar-refractivity contribution in [3.8, 4) is 11.5 Å². The topological polar surface area (TPSA) is 126 Å². The zero-order valence-corrected chi connectivity index (χ0v) is 13.4. The molecular weight excluding hydrogens is 389 g/mol. The molecule has 0 fully saturated rings. The van der Waals surface area contributed by atoms with Crippen LogP contribution < -0.4 is 10.4 Å². The van der Waals surface area contributed by atoms with Gasteiger partial charge in [0.15, 0.2) is 0 Å². The summed E-state index contributed by atoms with van der Waals surface area (Å²) in [6, 6.07) is 5.95. The van der Waals surface area contributed by atoms with Crippen molar-refractivity contribution in [2.45, 2.75) is 6.18 Å². The van der Waals surface area contributed by atoms with Gasteiger partial charge in [-0.05, 0) is 18.2 Å². The lowest BCUT2D eigenvalue weighted by Gasteiger charge is -2.10. The maximum Gasteiger partial charge on any atom is 0.417 e. The second-order valence-electron chi connectivity index (χ2n) is 5.40. The van der Waals surface area contributed by atoms with Gasteiger partial charge in [0.25, 0.3) is 5.69 Å². The van der Waals surface area contributed by atoms with E-state index in [9.17, 15) is 38.2 Å². The average molecular weight is 396 g/mol. The molecular formula is C16H7F3N2O7. The van der Waals surface area contributed by atoms with Gasteiger partial charge >= 0.3 is 17.5 Å². The Labute approximate surface area is 151 Å². The third-order valence-corrected chi connectivity index (χ3v) is 3.60. The maximum atomic E-state index is 13.0. The van der Waals surface area contributed by atoms with E-state index in [0.29, 0.717) is 12.1 Å². The first-order chi connectivity index (χ1) is 13.1. The number of hydrogen-bond donors (Lipinski definition) is 0. The van der Waals surface area contributed by atoms with E-state index < -0.39 is 49.6 Å². The Kier molecular flexibility index (Phi) is 4.47. The van der Waals surface area contributed by atoms with Gasteiger partial charge in [-0.1, -0.05) is 0 Å². The predicted octanol–water partition coefficient (Wildman–Crippen LogP) is 4.42. The fourth-order valence-electron chi connectivity index (χ4n) is 2.42. The van der Waals surface area contributed by atoms with Crippen molar-refractivity contribution in [1.82, 2.24) is 0 Å². The van der Waals surface area contributed by atoms with Crippen LogP contribution in [0.4, 0.5) is 24.5 Å². The predicted molar refractivity (Wildman–Crippen MR) is 87.3 cm³/mol. The number of alkyl halides is 3. The van der Waals surface area contributed by atoms with Crippen LogP contribution in [0.25, 0.3) is 11.0 Å². The van der Waals surface area contributed by atoms with Gasteiger partial charge < -0.3 is 9.15 Å². The molecule has 2 aromatic carbocycles. The number of fused-ring (bicyclic) bond motifs is 1. The lowest BCUT2D eigenvalue weighted by Crippen LogP contribution is -2.10. The van der Waals surface area contributed by atoms with Crippen LogP contribution in [0.3, 0.4) is 0 Å². The van der Waals surface area contributed by atoms with Crippen molar-refractivity contribution in [3.63, 3.8) is 0 Å². The molecule has 3 rings (SSSR count). The molecule has 28 heavy (non-hydrogen) atoms. The van der Waals surface area contributed by atoms with Gasteiger partial charge in [-0.25, -0.2) is 4.79 Å². The Morgan fingerprint density at radius 3 is 2.29 bits per heavy atom. The zero-order valence-electron chi connectivity index (χ0n) is 13.4. The largest absolute Gasteiger partial charge is 0.450 e. The lowest BCUT2D eigenvalue weighted by molar-refractivity contribution is -0.394. The summed E-state index contributed by atoms with van der Waals surface area (Å²) in [5.74, 6) is -0.559. The number of non-ortho nitro benzene ring substituents is 1. The van der Waals surface area contributed by atoms with E-state index in [2.05, 4.69) is 0 Å². The van der Waals surface area contributed by atoms with Gasteiger partial charge in [0.05, 0.1) is 21.5 Å². The molecule has 0 N–H and O–H groups in total. The second kappa shape index (κ2) is 6.64. The molecule has 0 saturated heterocycles. The summed E-state index contributed by atoms with van der Waals surface area (Å²) < 4.78 is 49.2. The Bertz CT molecular complexity index is 1170. The van der Waals surface area contributed by atoms with Gasteiger partial charge in [0.1, 0.15) is 11.3 Å². The normalized spacial score (nSPS) is 11.4. The molecule has 9 nitrogen and oxygen atoms in total. The van der Waals surface area contributed by atoms with E-state index in [-0.39, 0.29) is 11.5 Å². The van der Waals surface area contributed by atoms with Gasteiger partial charge in [-0.3, -0.25) is 20.2 Å². The molecule has 0 aliphatic heterocycles. The van der Waals surface area contributed by atoms with Crippen LogP contribution in [0.1, 0.15) is 5.56 Å². The van der Waals surface area contributed by atoms with Crippen molar-refractivity contribution in [1.29, 1.82) is 0 Å². The van der Waals surface area contributed by atoms with Crippen LogP contribution in [-0.4, -0.2) is 9.85 Å². The minimum Gasteiger partial charge on any atom is -0.450 e. The summed E-state index contributed by atoms with van der Waals surface area (Å²) in [5, 5.41) is 21.5. The lowest BCUT2D eigenvalue weighted by atomic mass is 10.1. The molecule has 0 aliphatic carbocycles. The number of halogens is 3. The Balaban J connectivity index is 2.08. The fraction of sp³-hybridized carbons (Fsp3) is 0.0625. The van der Waals surface area contributed by atoms with Crippen LogP contribution in [0, 0.1) is 20.2 Å². The highest BCUT2D eigenvalue weighted by Gasteiger charge is 2.34. The molecule has 0 bridgehead atoms. The van der Waals surface area contributed by atoms with Crippen LogP contribution in [0.15, 0.2) is 51.7 Å². The monoisotopic (exact) mass is 396 g/mol. The van der Waals surface area contributed by atoms with Gasteiger partial charge in [0.2, 0.25) is 5.75 Å². The number of nitro benzene ring substituents is 2. The van der Waals surface area contributed by atoms with Gasteiger partial charge in [-0.15, -0.1) is 0 Å². The van der Waals surface area contributed by atoms with Gasteiger partial charge in [-0.2, -0.15) is 13.2 Å². The van der Waals surface area contributed by atoms with E-state index in [4.69, 9.17) is 9.15 Å². The first kappa shape index (κ1) is 18.8. The second-order valence-corrected chi connectivity index (χ2v) is 5.40. The van der Waals surface area contributed by atoms with Crippen molar-refractivity contribution in [3.05, 3.63) is 78.7 Å². The summed E-state index contributed by atoms with van der Waals surface area (Å²) in [7, 11) is 0. The summed E-state index contributed by atoms with van der Waals surface area (Å²) >= 11 is 0. The van der Waals surface area contributed by atoms with Gasteiger partial charge in [0, 0.05) is 23.6 Å². The van der Waals surface area contributed by atoms with Crippen molar-refractivity contribution in [2.24, 2.45) is 0 Å². The number of ether oxygens (including phenoxy) is 1. The molecule has 0 atom stereocenters. The summed E-state index contributed by atoms with van der Waals surface area (Å²) in [6.07, 6.45) is -4.80. The molecule has 0 saturated carbocycles. The molecule has 0 amide bonds. The highest BCUT2D eigenvalue weighted by atomic mass is 19.4. The first-order valence-corrected chi connectivity index (χ1v) is 7.32. The van der Waals surface area contributed by atoms with Crippen LogP contribution in [0.5, 0.6) is 11.5 Å². The highest BCUT2D eigenvalue weighted by molar-refractivity contribution is 5.82. The molecule has 12 heteroatoms. The average Bonchev–Trinajstić information content (AvgIpc) is 2.59. The van der Waals surface area contributed by atoms with E-state index in [1.807, 2.05) is 0 Å². The minimum absolute atomic E-state index is 0.174. The minimum atomic E-state index is -4.80. The Hall–Kier alpha value is -3.96. The van der Waals surface area contributed by atoms with E-state index in [1.165, 1.54) is 0 Å². The molecule has 0 spiro atoms. The molecule has 1 aromatic heterocycles. The van der Waals surface area contributed by atoms with E-state index in [0.717, 1.165) is 30.3 Å². The maximum absolute atomic E-state index is 13.0. The van der Waals surface area contributed by atoms with E-state index >= 15 is 0 Å². The summed E-state index contributed by atoms with van der Waals surface area (Å²) in [4.78, 5) is 31.5. The van der Waals surface area contributed by atoms with Crippen molar-refractivity contribution < 1.29 is 32.2 Å². The Morgan fingerprint density at radius 1 is 0.964 bits per heavy atom. The van der Waals surface area contributed by atoms with Crippen molar-refractivity contribution >= 4 is 22.3 Å². The number of nitrogens with zero attached hydrogens (tertiary/aromatic N) is 2. The fourth-order valence-corrected chi connectivity index (χ4v) is 2.42. The third kappa shape index (κ3) is 3.60. The molecule has 144 valence electrons. The smallest absolute Gasteiger partial charge is 0.417 e. The Morgan fingerprint density at radius 2 is 1.68 bits per heavy atom. The molecule has 0 unspecified atom stereocenters. The number of benzene rings is 2. The quantitative estimate of drug-likeness (QED) is 0.363. The summed E-state index contributed by atoms with van der Waals surface area (Å²) in [6.45, 7) is 0. The zero-order chi connectivity index (χ0) is 20.6. The molecule has 3 aromatic rings. The molecule has 1 heterocycles. The summed E-state index contributed by atoms with van der Waals surface area (Å²) in [5.41, 5.74) is -4.15. The van der Waals surface area contributed by atoms with Crippen LogP contribution >= 0.6 is 0 Å². The third-order valence-electron chi connectivity index (χ3n) is 3.60. The number of rotatable bonds is 4. The van der Waals surface area contributed by atoms with E-state index in [1.54, 1.807) is 0 Å². The highest BCUT2D eigenvalue weighted by Crippen LogP contribution is 2.37. The van der Waals surface area contributed by atoms with Crippen LogP contribution in [-0.2, 0) is 6.18 Å².